The number of aryl methyl sites for hydroxylation is 1. The Labute approximate surface area is 207 Å². The fourth-order valence-electron chi connectivity index (χ4n) is 5.81. The van der Waals surface area contributed by atoms with E-state index >= 15 is 0 Å². The molecule has 35 heavy (non-hydrogen) atoms. The van der Waals surface area contributed by atoms with Gasteiger partial charge in [0.15, 0.2) is 0 Å². The maximum atomic E-state index is 13.7. The van der Waals surface area contributed by atoms with E-state index in [4.69, 9.17) is 5.10 Å². The first-order valence-corrected chi connectivity index (χ1v) is 12.7. The number of hydrogen-bond acceptors (Lipinski definition) is 3. The maximum absolute atomic E-state index is 13.7. The number of carbonyl (C=O) groups excluding carboxylic acids is 2. The van der Waals surface area contributed by atoms with Gasteiger partial charge in [0.25, 0.3) is 0 Å². The van der Waals surface area contributed by atoms with Crippen LogP contribution in [0.1, 0.15) is 48.2 Å². The molecule has 1 saturated carbocycles. The maximum Gasteiger partial charge on any atom is 0.230 e. The largest absolute Gasteiger partial charge is 0.341 e. The molecule has 1 aliphatic heterocycles. The van der Waals surface area contributed by atoms with Crippen molar-refractivity contribution in [2.24, 2.45) is 11.8 Å². The lowest BCUT2D eigenvalue weighted by atomic mass is 9.77. The van der Waals surface area contributed by atoms with E-state index in [1.54, 1.807) is 4.90 Å². The van der Waals surface area contributed by atoms with Crippen LogP contribution in [-0.4, -0.2) is 40.1 Å². The highest BCUT2D eigenvalue weighted by Crippen LogP contribution is 2.37. The molecule has 0 spiro atoms. The minimum atomic E-state index is -0.265. The van der Waals surface area contributed by atoms with Crippen LogP contribution in [0.3, 0.4) is 0 Å². The molecule has 2 amide bonds. The zero-order chi connectivity index (χ0) is 24.5. The van der Waals surface area contributed by atoms with E-state index in [0.717, 1.165) is 60.4 Å². The first kappa shape index (κ1) is 23.3. The van der Waals surface area contributed by atoms with Crippen molar-refractivity contribution >= 4 is 17.5 Å². The Morgan fingerprint density at radius 2 is 1.66 bits per heavy atom. The Kier molecular flexibility index (Phi) is 6.46. The van der Waals surface area contributed by atoms with Gasteiger partial charge in [0.2, 0.25) is 11.8 Å². The molecule has 2 atom stereocenters. The lowest BCUT2D eigenvalue weighted by molar-refractivity contribution is -0.142. The minimum absolute atomic E-state index is 0.0711. The fourth-order valence-corrected chi connectivity index (χ4v) is 5.81. The molecule has 182 valence electrons. The van der Waals surface area contributed by atoms with Crippen molar-refractivity contribution in [2.45, 2.75) is 52.5 Å². The van der Waals surface area contributed by atoms with E-state index in [1.807, 2.05) is 72.1 Å². The summed E-state index contributed by atoms with van der Waals surface area (Å²) in [6.45, 7) is 5.26. The summed E-state index contributed by atoms with van der Waals surface area (Å²) in [4.78, 5) is 31.1. The monoisotopic (exact) mass is 470 g/mol. The van der Waals surface area contributed by atoms with E-state index in [2.05, 4.69) is 13.0 Å². The molecular formula is C29H34N4O2. The molecule has 5 rings (SSSR count). The molecule has 1 fully saturated rings. The summed E-state index contributed by atoms with van der Waals surface area (Å²) < 4.78 is 1.95. The fraction of sp³-hybridized carbons (Fsp3) is 0.414. The third-order valence-electron chi connectivity index (χ3n) is 7.77. The lowest BCUT2D eigenvalue weighted by Crippen LogP contribution is -2.45. The molecule has 0 bridgehead atoms. The van der Waals surface area contributed by atoms with Gasteiger partial charge in [0, 0.05) is 43.0 Å². The molecule has 6 heteroatoms. The van der Waals surface area contributed by atoms with Crippen molar-refractivity contribution in [1.29, 1.82) is 0 Å². The molecule has 3 aromatic rings. The van der Waals surface area contributed by atoms with Gasteiger partial charge in [-0.2, -0.15) is 5.10 Å². The summed E-state index contributed by atoms with van der Waals surface area (Å²) in [7, 11) is 1.86. The second kappa shape index (κ2) is 9.68. The van der Waals surface area contributed by atoms with Gasteiger partial charge < -0.3 is 9.80 Å². The molecular weight excluding hydrogens is 436 g/mol. The Hall–Kier alpha value is -3.41. The molecule has 1 aromatic heterocycles. The highest BCUT2D eigenvalue weighted by molar-refractivity contribution is 5.99. The average molecular weight is 471 g/mol. The Morgan fingerprint density at radius 1 is 0.971 bits per heavy atom. The lowest BCUT2D eigenvalue weighted by Gasteiger charge is -2.35. The normalized spacial score (nSPS) is 19.5. The Morgan fingerprint density at radius 3 is 2.43 bits per heavy atom. The molecule has 2 heterocycles. The van der Waals surface area contributed by atoms with Gasteiger partial charge in [-0.3, -0.25) is 9.59 Å². The van der Waals surface area contributed by atoms with Crippen molar-refractivity contribution in [2.75, 3.05) is 18.5 Å². The predicted octanol–water partition coefficient (Wildman–Crippen LogP) is 4.84. The molecule has 0 N–H and O–H groups in total. The van der Waals surface area contributed by atoms with Gasteiger partial charge in [0.05, 0.1) is 17.3 Å². The van der Waals surface area contributed by atoms with E-state index < -0.39 is 0 Å². The number of rotatable bonds is 5. The van der Waals surface area contributed by atoms with Crippen LogP contribution in [0.4, 0.5) is 5.69 Å². The topological polar surface area (TPSA) is 58.4 Å². The Balaban J connectivity index is 1.34. The van der Waals surface area contributed by atoms with E-state index in [0.29, 0.717) is 13.1 Å². The van der Waals surface area contributed by atoms with E-state index in [-0.39, 0.29) is 23.7 Å². The van der Waals surface area contributed by atoms with Crippen molar-refractivity contribution in [3.8, 4) is 5.69 Å². The molecule has 2 aliphatic rings. The van der Waals surface area contributed by atoms with Crippen LogP contribution in [0.2, 0.25) is 0 Å². The quantitative estimate of drug-likeness (QED) is 0.536. The van der Waals surface area contributed by atoms with Crippen molar-refractivity contribution in [3.63, 3.8) is 0 Å². The molecule has 0 radical (unpaired) electrons. The minimum Gasteiger partial charge on any atom is -0.341 e. The van der Waals surface area contributed by atoms with Crippen LogP contribution in [0, 0.1) is 25.7 Å². The third kappa shape index (κ3) is 4.38. The number of fused-ring (bicyclic) bond motifs is 1. The second-order valence-electron chi connectivity index (χ2n) is 9.96. The first-order chi connectivity index (χ1) is 17.0. The van der Waals surface area contributed by atoms with Crippen molar-refractivity contribution < 1.29 is 9.59 Å². The number of nitrogens with zero attached hydrogens (tertiary/aromatic N) is 4. The van der Waals surface area contributed by atoms with Crippen LogP contribution in [0.15, 0.2) is 54.6 Å². The number of benzene rings is 2. The van der Waals surface area contributed by atoms with Crippen LogP contribution < -0.4 is 4.90 Å². The zero-order valence-electron chi connectivity index (χ0n) is 20.9. The molecule has 2 unspecified atom stereocenters. The summed E-state index contributed by atoms with van der Waals surface area (Å²) in [5.41, 5.74) is 6.28. The van der Waals surface area contributed by atoms with Crippen LogP contribution >= 0.6 is 0 Å². The number of aromatic nitrogens is 2. The second-order valence-corrected chi connectivity index (χ2v) is 9.96. The third-order valence-corrected chi connectivity index (χ3v) is 7.77. The van der Waals surface area contributed by atoms with Gasteiger partial charge >= 0.3 is 0 Å². The number of carbonyl (C=O) groups is 2. The molecule has 0 saturated heterocycles. The van der Waals surface area contributed by atoms with E-state index in [9.17, 15) is 9.59 Å². The summed E-state index contributed by atoms with van der Waals surface area (Å²) in [6.07, 6.45) is 4.44. The summed E-state index contributed by atoms with van der Waals surface area (Å²) in [5, 5.41) is 4.74. The number of hydrogen-bond donors (Lipinski definition) is 0. The molecule has 2 aromatic carbocycles. The highest BCUT2D eigenvalue weighted by atomic mass is 16.2. The van der Waals surface area contributed by atoms with Crippen LogP contribution in [0.5, 0.6) is 0 Å². The highest BCUT2D eigenvalue weighted by Gasteiger charge is 2.40. The van der Waals surface area contributed by atoms with Crippen molar-refractivity contribution in [3.05, 3.63) is 77.1 Å². The molecule has 1 aliphatic carbocycles. The number of anilines is 1. The number of para-hydroxylation sites is 2. The van der Waals surface area contributed by atoms with Crippen LogP contribution in [0.25, 0.3) is 5.69 Å². The van der Waals surface area contributed by atoms with Gasteiger partial charge in [-0.15, -0.1) is 0 Å². The van der Waals surface area contributed by atoms with E-state index in [1.165, 1.54) is 5.56 Å². The predicted molar refractivity (Wildman–Crippen MR) is 137 cm³/mol. The summed E-state index contributed by atoms with van der Waals surface area (Å²) in [6, 6.07) is 18.2. The smallest absolute Gasteiger partial charge is 0.230 e. The standard InChI is InChI=1S/C29H34N4O2/c1-20-26(21(2)33(30-20)23-12-5-4-6-13-23)19-31(3)28(34)24-14-8-9-15-25(24)29(35)32-18-17-22-11-7-10-16-27(22)32/h4-7,10-13,16,24-25H,8-9,14-15,17-19H2,1-3H3. The van der Waals surface area contributed by atoms with Gasteiger partial charge in [-0.05, 0) is 56.9 Å². The molecule has 6 nitrogen and oxygen atoms in total. The average Bonchev–Trinajstić information content (AvgIpc) is 3.45. The first-order valence-electron chi connectivity index (χ1n) is 12.7. The van der Waals surface area contributed by atoms with Gasteiger partial charge in [0.1, 0.15) is 0 Å². The van der Waals surface area contributed by atoms with Crippen LogP contribution in [-0.2, 0) is 22.6 Å². The zero-order valence-corrected chi connectivity index (χ0v) is 20.9. The number of amides is 2. The SMILES string of the molecule is Cc1nn(-c2ccccc2)c(C)c1CN(C)C(=O)C1CCCCC1C(=O)N1CCc2ccccc21. The van der Waals surface area contributed by atoms with Gasteiger partial charge in [-0.1, -0.05) is 49.2 Å². The van der Waals surface area contributed by atoms with Gasteiger partial charge in [-0.25, -0.2) is 4.68 Å². The summed E-state index contributed by atoms with van der Waals surface area (Å²) >= 11 is 0. The van der Waals surface area contributed by atoms with Crippen molar-refractivity contribution in [1.82, 2.24) is 14.7 Å². The Bertz CT molecular complexity index is 1230. The summed E-state index contributed by atoms with van der Waals surface area (Å²) in [5.74, 6) is -0.328.